The molecule has 0 amide bonds. The number of carboxylic acids is 1. The van der Waals surface area contributed by atoms with Crippen LogP contribution >= 0.6 is 0 Å². The van der Waals surface area contributed by atoms with Crippen LogP contribution in [0.3, 0.4) is 0 Å². The number of alkyl halides is 3. The van der Waals surface area contributed by atoms with Crippen LogP contribution in [-0.4, -0.2) is 35.1 Å². The Labute approximate surface area is 120 Å². The summed E-state index contributed by atoms with van der Waals surface area (Å²) >= 11 is 0. The maximum atomic E-state index is 12.9. The first kappa shape index (κ1) is 17.3. The van der Waals surface area contributed by atoms with Crippen molar-refractivity contribution in [3.05, 3.63) is 29.8 Å². The van der Waals surface area contributed by atoms with Crippen LogP contribution in [0.2, 0.25) is 0 Å². The molecule has 0 bridgehead atoms. The summed E-state index contributed by atoms with van der Waals surface area (Å²) in [6.07, 6.45) is -6.26. The van der Waals surface area contributed by atoms with Crippen LogP contribution in [0.25, 0.3) is 0 Å². The van der Waals surface area contributed by atoms with E-state index in [0.717, 1.165) is 0 Å². The number of hydrogen-bond acceptors (Lipinski definition) is 3. The van der Waals surface area contributed by atoms with Crippen LogP contribution in [0.4, 0.5) is 13.2 Å². The number of benzene rings is 1. The van der Waals surface area contributed by atoms with Crippen LogP contribution in [0, 0.1) is 0 Å². The molecule has 0 spiro atoms. The minimum Gasteiger partial charge on any atom is -0.497 e. The number of carbonyl (C=O) groups is 1. The van der Waals surface area contributed by atoms with E-state index in [9.17, 15) is 23.1 Å². The highest BCUT2D eigenvalue weighted by atomic mass is 19.4. The van der Waals surface area contributed by atoms with Crippen LogP contribution in [0.5, 0.6) is 5.75 Å². The van der Waals surface area contributed by atoms with Crippen LogP contribution in [0.15, 0.2) is 24.3 Å². The molecule has 0 fully saturated rings. The summed E-state index contributed by atoms with van der Waals surface area (Å²) < 4.78 is 43.6. The summed E-state index contributed by atoms with van der Waals surface area (Å²) in [5.74, 6) is -1.78. The van der Waals surface area contributed by atoms with E-state index in [1.165, 1.54) is 33.1 Å². The second kappa shape index (κ2) is 5.55. The van der Waals surface area contributed by atoms with Crippen molar-refractivity contribution < 1.29 is 32.9 Å². The molecule has 0 aliphatic carbocycles. The van der Waals surface area contributed by atoms with Gasteiger partial charge in [0.05, 0.1) is 7.11 Å². The molecule has 7 heteroatoms. The fourth-order valence-electron chi connectivity index (χ4n) is 2.08. The zero-order chi connectivity index (χ0) is 16.5. The highest BCUT2D eigenvalue weighted by Gasteiger charge is 2.61. The van der Waals surface area contributed by atoms with Crippen molar-refractivity contribution in [1.29, 1.82) is 0 Å². The van der Waals surface area contributed by atoms with E-state index >= 15 is 0 Å². The van der Waals surface area contributed by atoms with E-state index in [2.05, 4.69) is 0 Å². The topological polar surface area (TPSA) is 66.8 Å². The van der Waals surface area contributed by atoms with Gasteiger partial charge in [0.25, 0.3) is 5.60 Å². The number of rotatable bonds is 5. The Morgan fingerprint density at radius 1 is 1.19 bits per heavy atom. The van der Waals surface area contributed by atoms with Gasteiger partial charge in [-0.3, -0.25) is 0 Å². The van der Waals surface area contributed by atoms with Crippen molar-refractivity contribution in [2.75, 3.05) is 7.11 Å². The average molecular weight is 306 g/mol. The lowest BCUT2D eigenvalue weighted by Crippen LogP contribution is -2.55. The molecule has 1 aromatic rings. The van der Waals surface area contributed by atoms with Gasteiger partial charge in [0.2, 0.25) is 0 Å². The van der Waals surface area contributed by atoms with Gasteiger partial charge in [-0.2, -0.15) is 13.2 Å². The van der Waals surface area contributed by atoms with Gasteiger partial charge in [0.1, 0.15) is 5.75 Å². The standard InChI is InChI=1S/C14H17F3O4/c1-12(2,9-4-6-10(21-3)7-5-9)8-13(20,11(18)19)14(15,16)17/h4-7,20H,8H2,1-3H3,(H,18,19). The second-order valence-electron chi connectivity index (χ2n) is 5.45. The molecule has 1 atom stereocenters. The van der Waals surface area contributed by atoms with Crippen LogP contribution in [0.1, 0.15) is 25.8 Å². The van der Waals surface area contributed by atoms with Crippen molar-refractivity contribution in [2.24, 2.45) is 0 Å². The number of carboxylic acid groups (broad SMARTS) is 1. The fourth-order valence-corrected chi connectivity index (χ4v) is 2.08. The predicted molar refractivity (Wildman–Crippen MR) is 69.3 cm³/mol. The van der Waals surface area contributed by atoms with Gasteiger partial charge in [-0.05, 0) is 23.1 Å². The summed E-state index contributed by atoms with van der Waals surface area (Å²) in [7, 11) is 1.45. The first-order chi connectivity index (χ1) is 9.44. The monoisotopic (exact) mass is 306 g/mol. The largest absolute Gasteiger partial charge is 0.497 e. The normalized spacial score (nSPS) is 15.4. The van der Waals surface area contributed by atoms with E-state index in [-0.39, 0.29) is 0 Å². The third kappa shape index (κ3) is 3.47. The Balaban J connectivity index is 3.14. The van der Waals surface area contributed by atoms with Crippen LogP contribution < -0.4 is 4.74 Å². The number of ether oxygens (including phenoxy) is 1. The maximum absolute atomic E-state index is 12.9. The van der Waals surface area contributed by atoms with E-state index in [0.29, 0.717) is 11.3 Å². The minimum absolute atomic E-state index is 0.465. The average Bonchev–Trinajstić information content (AvgIpc) is 2.36. The number of aliphatic carboxylic acids is 1. The van der Waals surface area contributed by atoms with Gasteiger partial charge >= 0.3 is 12.1 Å². The lowest BCUT2D eigenvalue weighted by Gasteiger charge is -2.35. The Kier molecular flexibility index (Phi) is 4.57. The van der Waals surface area contributed by atoms with Crippen molar-refractivity contribution in [1.82, 2.24) is 0 Å². The molecular weight excluding hydrogens is 289 g/mol. The first-order valence-electron chi connectivity index (χ1n) is 6.11. The van der Waals surface area contributed by atoms with Crippen molar-refractivity contribution in [3.63, 3.8) is 0 Å². The quantitative estimate of drug-likeness (QED) is 0.878. The minimum atomic E-state index is -5.26. The summed E-state index contributed by atoms with van der Waals surface area (Å²) in [5, 5.41) is 18.3. The Morgan fingerprint density at radius 3 is 2.00 bits per heavy atom. The highest BCUT2D eigenvalue weighted by molar-refractivity contribution is 5.78. The molecule has 0 saturated carbocycles. The molecular formula is C14H17F3O4. The summed E-state index contributed by atoms with van der Waals surface area (Å²) in [6, 6.07) is 6.20. The molecule has 1 unspecified atom stereocenters. The van der Waals surface area contributed by atoms with E-state index in [1.54, 1.807) is 12.1 Å². The molecule has 0 heterocycles. The molecule has 0 radical (unpaired) electrons. The van der Waals surface area contributed by atoms with Gasteiger partial charge < -0.3 is 14.9 Å². The number of halogens is 3. The molecule has 4 nitrogen and oxygen atoms in total. The molecule has 2 N–H and O–H groups in total. The molecule has 118 valence electrons. The zero-order valence-corrected chi connectivity index (χ0v) is 11.9. The maximum Gasteiger partial charge on any atom is 0.428 e. The molecule has 0 aromatic heterocycles. The van der Waals surface area contributed by atoms with Crippen LogP contribution in [-0.2, 0) is 10.2 Å². The molecule has 21 heavy (non-hydrogen) atoms. The molecule has 0 aliphatic heterocycles. The van der Waals surface area contributed by atoms with Gasteiger partial charge in [0.15, 0.2) is 0 Å². The SMILES string of the molecule is COc1ccc(C(C)(C)CC(O)(C(=O)O)C(F)(F)F)cc1. The summed E-state index contributed by atoms with van der Waals surface area (Å²) in [6.45, 7) is 2.88. The highest BCUT2D eigenvalue weighted by Crippen LogP contribution is 2.41. The van der Waals surface area contributed by atoms with Crippen molar-refractivity contribution >= 4 is 5.97 Å². The fraction of sp³-hybridized carbons (Fsp3) is 0.500. The number of methoxy groups -OCH3 is 1. The lowest BCUT2D eigenvalue weighted by molar-refractivity contribution is -0.265. The smallest absolute Gasteiger partial charge is 0.428 e. The summed E-state index contributed by atoms with van der Waals surface area (Å²) in [4.78, 5) is 10.9. The lowest BCUT2D eigenvalue weighted by atomic mass is 9.75. The predicted octanol–water partition coefficient (Wildman–Crippen LogP) is 2.74. The van der Waals surface area contributed by atoms with Gasteiger partial charge in [-0.15, -0.1) is 0 Å². The molecule has 1 rings (SSSR count). The third-order valence-corrected chi connectivity index (χ3v) is 3.39. The van der Waals surface area contributed by atoms with Crippen molar-refractivity contribution in [2.45, 2.75) is 37.5 Å². The van der Waals surface area contributed by atoms with E-state index in [1.807, 2.05) is 0 Å². The van der Waals surface area contributed by atoms with Gasteiger partial charge in [0, 0.05) is 6.42 Å². The van der Waals surface area contributed by atoms with Gasteiger partial charge in [-0.1, -0.05) is 26.0 Å². The number of hydrogen-bond donors (Lipinski definition) is 2. The number of aliphatic hydroxyl groups is 1. The van der Waals surface area contributed by atoms with Gasteiger partial charge in [-0.25, -0.2) is 4.79 Å². The molecule has 0 saturated heterocycles. The Bertz CT molecular complexity index is 508. The Hall–Kier alpha value is -1.76. The molecule has 0 aliphatic rings. The third-order valence-electron chi connectivity index (χ3n) is 3.39. The Morgan fingerprint density at radius 2 is 1.67 bits per heavy atom. The van der Waals surface area contributed by atoms with E-state index < -0.39 is 29.6 Å². The van der Waals surface area contributed by atoms with E-state index in [4.69, 9.17) is 9.84 Å². The summed E-state index contributed by atoms with van der Waals surface area (Å²) in [5.41, 5.74) is -4.53. The van der Waals surface area contributed by atoms with Crippen molar-refractivity contribution in [3.8, 4) is 5.75 Å². The zero-order valence-electron chi connectivity index (χ0n) is 11.9. The molecule has 1 aromatic carbocycles. The first-order valence-corrected chi connectivity index (χ1v) is 6.11. The second-order valence-corrected chi connectivity index (χ2v) is 5.45.